The van der Waals surface area contributed by atoms with Crippen molar-refractivity contribution >= 4 is 11.6 Å². The first-order chi connectivity index (χ1) is 8.94. The van der Waals surface area contributed by atoms with Gasteiger partial charge in [0.25, 0.3) is 0 Å². The van der Waals surface area contributed by atoms with E-state index in [9.17, 15) is 8.78 Å². The Hall–Kier alpha value is -0.910. The van der Waals surface area contributed by atoms with Crippen LogP contribution >= 0.6 is 11.6 Å². The van der Waals surface area contributed by atoms with Gasteiger partial charge in [-0.15, -0.1) is 0 Å². The van der Waals surface area contributed by atoms with Crippen LogP contribution in [-0.4, -0.2) is 19.3 Å². The van der Waals surface area contributed by atoms with E-state index in [4.69, 9.17) is 21.1 Å². The molecule has 1 aliphatic rings. The van der Waals surface area contributed by atoms with Gasteiger partial charge in [-0.2, -0.15) is 8.78 Å². The second-order valence-electron chi connectivity index (χ2n) is 4.42. The lowest BCUT2D eigenvalue weighted by molar-refractivity contribution is -0.164. The molecule has 0 aromatic heterocycles. The third kappa shape index (κ3) is 3.16. The van der Waals surface area contributed by atoms with Crippen LogP contribution in [0.25, 0.3) is 0 Å². The summed E-state index contributed by atoms with van der Waals surface area (Å²) in [6.07, 6.45) is 0.730. The molecule has 1 fully saturated rings. The van der Waals surface area contributed by atoms with Crippen molar-refractivity contribution in [2.75, 3.05) is 6.61 Å². The molecule has 0 radical (unpaired) electrons. The first-order valence-electron chi connectivity index (χ1n) is 6.01. The highest BCUT2D eigenvalue weighted by Crippen LogP contribution is 2.40. The summed E-state index contributed by atoms with van der Waals surface area (Å²) in [5, 5.41) is 0.313. The quantitative estimate of drug-likeness (QED) is 0.841. The van der Waals surface area contributed by atoms with Gasteiger partial charge in [-0.25, -0.2) is 0 Å². The van der Waals surface area contributed by atoms with E-state index in [0.29, 0.717) is 17.2 Å². The van der Waals surface area contributed by atoms with Crippen molar-refractivity contribution in [3.63, 3.8) is 0 Å². The molecule has 0 amide bonds. The first-order valence-corrected chi connectivity index (χ1v) is 6.39. The van der Waals surface area contributed by atoms with Gasteiger partial charge in [-0.3, -0.25) is 0 Å². The Labute approximate surface area is 115 Å². The van der Waals surface area contributed by atoms with Gasteiger partial charge in [0.1, 0.15) is 5.75 Å². The zero-order chi connectivity index (χ0) is 14.0. The van der Waals surface area contributed by atoms with Gasteiger partial charge >= 0.3 is 6.61 Å². The third-order valence-electron chi connectivity index (χ3n) is 3.04. The summed E-state index contributed by atoms with van der Waals surface area (Å²) in [6.45, 7) is 1.15. The molecule has 1 aromatic rings. The molecular formula is C13H15ClF2O3. The summed E-state index contributed by atoms with van der Waals surface area (Å²) in [5.74, 6) is -1.11. The monoisotopic (exact) mass is 292 g/mol. The van der Waals surface area contributed by atoms with Crippen molar-refractivity contribution in [1.82, 2.24) is 0 Å². The molecule has 0 N–H and O–H groups in total. The smallest absolute Gasteiger partial charge is 0.387 e. The van der Waals surface area contributed by atoms with E-state index < -0.39 is 12.4 Å². The summed E-state index contributed by atoms with van der Waals surface area (Å²) >= 11 is 5.80. The topological polar surface area (TPSA) is 27.7 Å². The fraction of sp³-hybridized carbons (Fsp3) is 0.538. The van der Waals surface area contributed by atoms with E-state index >= 15 is 0 Å². The molecule has 1 aliphatic heterocycles. The van der Waals surface area contributed by atoms with Gasteiger partial charge in [-0.1, -0.05) is 18.5 Å². The Kier molecular flexibility index (Phi) is 4.28. The molecule has 0 spiro atoms. The molecular weight excluding hydrogens is 278 g/mol. The largest absolute Gasteiger partial charge is 0.434 e. The lowest BCUT2D eigenvalue weighted by Crippen LogP contribution is -2.25. The van der Waals surface area contributed by atoms with Crippen LogP contribution in [0, 0.1) is 0 Å². The molecule has 1 aromatic carbocycles. The van der Waals surface area contributed by atoms with Crippen molar-refractivity contribution in [3.05, 3.63) is 28.8 Å². The van der Waals surface area contributed by atoms with E-state index in [2.05, 4.69) is 4.74 Å². The second-order valence-corrected chi connectivity index (χ2v) is 4.86. The van der Waals surface area contributed by atoms with Crippen LogP contribution in [0.5, 0.6) is 5.75 Å². The molecule has 0 aliphatic carbocycles. The van der Waals surface area contributed by atoms with Crippen molar-refractivity contribution < 1.29 is 23.0 Å². The number of benzene rings is 1. The molecule has 2 rings (SSSR count). The minimum absolute atomic E-state index is 0.0262. The van der Waals surface area contributed by atoms with Crippen molar-refractivity contribution in [3.8, 4) is 5.75 Å². The first kappa shape index (κ1) is 14.5. The second kappa shape index (κ2) is 5.61. The third-order valence-corrected chi connectivity index (χ3v) is 3.28. The predicted octanol–water partition coefficient (Wildman–Crippen LogP) is 3.94. The van der Waals surface area contributed by atoms with Gasteiger partial charge in [0.15, 0.2) is 5.79 Å². The van der Waals surface area contributed by atoms with Gasteiger partial charge in [-0.05, 0) is 31.5 Å². The van der Waals surface area contributed by atoms with E-state index in [1.165, 1.54) is 6.07 Å². The van der Waals surface area contributed by atoms with Gasteiger partial charge in [0.05, 0.1) is 18.3 Å². The lowest BCUT2D eigenvalue weighted by Gasteiger charge is -2.26. The Morgan fingerprint density at radius 3 is 2.84 bits per heavy atom. The highest BCUT2D eigenvalue weighted by atomic mass is 35.5. The zero-order valence-electron chi connectivity index (χ0n) is 10.7. The van der Waals surface area contributed by atoms with E-state index in [1.807, 2.05) is 6.92 Å². The molecule has 2 atom stereocenters. The summed E-state index contributed by atoms with van der Waals surface area (Å²) < 4.78 is 40.7. The van der Waals surface area contributed by atoms with Crippen LogP contribution < -0.4 is 4.74 Å². The maximum absolute atomic E-state index is 12.4. The van der Waals surface area contributed by atoms with Crippen LogP contribution in [-0.2, 0) is 15.3 Å². The minimum Gasteiger partial charge on any atom is -0.434 e. The average molecular weight is 293 g/mol. The summed E-state index contributed by atoms with van der Waals surface area (Å²) in [4.78, 5) is 0. The standard InChI is InChI=1S/C13H15ClF2O3/c1-3-9-7-17-13(2,19-9)10-5-4-8(14)6-11(10)18-12(15)16/h4-6,9,12H,3,7H2,1-2H3. The van der Waals surface area contributed by atoms with E-state index in [-0.39, 0.29) is 11.9 Å². The van der Waals surface area contributed by atoms with Gasteiger partial charge in [0, 0.05) is 5.02 Å². The number of rotatable bonds is 4. The van der Waals surface area contributed by atoms with Crippen molar-refractivity contribution in [1.29, 1.82) is 0 Å². The van der Waals surface area contributed by atoms with E-state index in [1.54, 1.807) is 19.1 Å². The normalized spacial score (nSPS) is 26.9. The Bertz CT molecular complexity index is 456. The van der Waals surface area contributed by atoms with Crippen LogP contribution in [0.1, 0.15) is 25.8 Å². The Balaban J connectivity index is 2.33. The van der Waals surface area contributed by atoms with Gasteiger partial charge in [0.2, 0.25) is 0 Å². The molecule has 0 bridgehead atoms. The highest BCUT2D eigenvalue weighted by molar-refractivity contribution is 6.30. The van der Waals surface area contributed by atoms with Crippen LogP contribution in [0.4, 0.5) is 8.78 Å². The number of hydrogen-bond acceptors (Lipinski definition) is 3. The Morgan fingerprint density at radius 1 is 1.53 bits per heavy atom. The maximum atomic E-state index is 12.4. The molecule has 19 heavy (non-hydrogen) atoms. The molecule has 1 heterocycles. The van der Waals surface area contributed by atoms with E-state index in [0.717, 1.165) is 6.42 Å². The molecule has 6 heteroatoms. The summed E-state index contributed by atoms with van der Waals surface area (Å²) in [5.41, 5.74) is 0.410. The van der Waals surface area contributed by atoms with Crippen LogP contribution in [0.15, 0.2) is 18.2 Å². The molecule has 106 valence electrons. The SMILES string of the molecule is CCC1COC(C)(c2ccc(Cl)cc2OC(F)F)O1. The van der Waals surface area contributed by atoms with Crippen molar-refractivity contribution in [2.24, 2.45) is 0 Å². The predicted molar refractivity (Wildman–Crippen MR) is 66.6 cm³/mol. The number of hydrogen-bond donors (Lipinski definition) is 0. The lowest BCUT2D eigenvalue weighted by atomic mass is 10.1. The molecule has 1 saturated heterocycles. The molecule has 3 nitrogen and oxygen atoms in total. The fourth-order valence-electron chi connectivity index (χ4n) is 2.05. The van der Waals surface area contributed by atoms with Crippen LogP contribution in [0.2, 0.25) is 5.02 Å². The summed E-state index contributed by atoms with van der Waals surface area (Å²) in [6, 6.07) is 4.50. The van der Waals surface area contributed by atoms with Crippen molar-refractivity contribution in [2.45, 2.75) is 38.8 Å². The molecule has 2 unspecified atom stereocenters. The molecule has 0 saturated carbocycles. The number of ether oxygens (including phenoxy) is 3. The summed E-state index contributed by atoms with van der Waals surface area (Å²) in [7, 11) is 0. The van der Waals surface area contributed by atoms with Gasteiger partial charge < -0.3 is 14.2 Å². The van der Waals surface area contributed by atoms with Crippen LogP contribution in [0.3, 0.4) is 0 Å². The average Bonchev–Trinajstić information content (AvgIpc) is 2.71. The minimum atomic E-state index is -2.93. The highest BCUT2D eigenvalue weighted by Gasteiger charge is 2.40. The number of alkyl halides is 2. The zero-order valence-corrected chi connectivity index (χ0v) is 11.4. The maximum Gasteiger partial charge on any atom is 0.387 e. The number of halogens is 3. The Morgan fingerprint density at radius 2 is 2.26 bits per heavy atom. The fourth-order valence-corrected chi connectivity index (χ4v) is 2.21.